The summed E-state index contributed by atoms with van der Waals surface area (Å²) in [6.07, 6.45) is -5.45. The van der Waals surface area contributed by atoms with Crippen LogP contribution in [-0.2, 0) is 17.5 Å². The first-order chi connectivity index (χ1) is 13.8. The number of hydrogen-bond acceptors (Lipinski definition) is 5. The van der Waals surface area contributed by atoms with Crippen LogP contribution >= 0.6 is 11.6 Å². The van der Waals surface area contributed by atoms with Crippen molar-refractivity contribution < 1.29 is 27.4 Å². The van der Waals surface area contributed by atoms with E-state index in [0.29, 0.717) is 27.6 Å². The molecule has 1 aliphatic rings. The summed E-state index contributed by atoms with van der Waals surface area (Å²) in [7, 11) is 2.98. The molecule has 0 fully saturated rings. The van der Waals surface area contributed by atoms with Crippen LogP contribution in [0.1, 0.15) is 28.9 Å². The molecule has 6 nitrogen and oxygen atoms in total. The van der Waals surface area contributed by atoms with Gasteiger partial charge in [0.25, 0.3) is 0 Å². The lowest BCUT2D eigenvalue weighted by atomic mass is 9.98. The van der Waals surface area contributed by atoms with E-state index < -0.39 is 18.1 Å². The molecular weight excluding hydrogens is 411 g/mol. The average Bonchev–Trinajstić information content (AvgIpc) is 3.06. The maximum absolute atomic E-state index is 13.5. The first kappa shape index (κ1) is 19.5. The van der Waals surface area contributed by atoms with Crippen molar-refractivity contribution in [1.29, 1.82) is 0 Å². The molecule has 2 aromatic carbocycles. The number of alkyl halides is 3. The minimum atomic E-state index is -4.68. The van der Waals surface area contributed by atoms with Gasteiger partial charge in [0, 0.05) is 16.1 Å². The van der Waals surface area contributed by atoms with Crippen molar-refractivity contribution in [3.8, 4) is 17.2 Å². The van der Waals surface area contributed by atoms with Crippen LogP contribution in [0.3, 0.4) is 0 Å². The minimum absolute atomic E-state index is 0.0326. The molecule has 10 heteroatoms. The summed E-state index contributed by atoms with van der Waals surface area (Å²) in [6.45, 7) is -0.194. The van der Waals surface area contributed by atoms with Gasteiger partial charge in [0.1, 0.15) is 12.7 Å². The quantitative estimate of drug-likeness (QED) is 0.615. The monoisotopic (exact) mass is 425 g/mol. The van der Waals surface area contributed by atoms with E-state index in [2.05, 4.69) is 10.2 Å². The van der Waals surface area contributed by atoms with Gasteiger partial charge < -0.3 is 14.2 Å². The van der Waals surface area contributed by atoms with Gasteiger partial charge in [-0.05, 0) is 24.3 Å². The van der Waals surface area contributed by atoms with Gasteiger partial charge in [0.05, 0.1) is 19.9 Å². The number of aromatic nitrogens is 3. The molecule has 1 aliphatic heterocycles. The fraction of sp³-hybridized carbons (Fsp3) is 0.263. The van der Waals surface area contributed by atoms with Crippen molar-refractivity contribution >= 4 is 11.6 Å². The number of fused-ring (bicyclic) bond motifs is 3. The van der Waals surface area contributed by atoms with Crippen molar-refractivity contribution in [3.63, 3.8) is 0 Å². The second-order valence-corrected chi connectivity index (χ2v) is 6.69. The molecule has 1 atom stereocenters. The fourth-order valence-corrected chi connectivity index (χ4v) is 3.59. The highest BCUT2D eigenvalue weighted by Gasteiger charge is 2.41. The number of halogens is 4. The summed E-state index contributed by atoms with van der Waals surface area (Å²) in [5.74, 6) is -0.209. The van der Waals surface area contributed by atoms with Gasteiger partial charge in [0.2, 0.25) is 5.82 Å². The van der Waals surface area contributed by atoms with Crippen LogP contribution in [0.2, 0.25) is 5.02 Å². The van der Waals surface area contributed by atoms with E-state index in [1.807, 2.05) is 0 Å². The van der Waals surface area contributed by atoms with Crippen molar-refractivity contribution in [2.24, 2.45) is 0 Å². The van der Waals surface area contributed by atoms with Crippen LogP contribution in [0.15, 0.2) is 36.4 Å². The molecule has 0 aliphatic carbocycles. The summed E-state index contributed by atoms with van der Waals surface area (Å²) in [5, 5.41) is 7.36. The standard InChI is InChI=1S/C19H15ClF3N3O3/c1-27-14-5-3-4-11(17(14)28-2)16-12-8-10(20)6-7-13(12)26-15(9-29-16)24-25-18(26)19(21,22)23/h3-8,16H,9H2,1-2H3/t16-/m1/s1. The van der Waals surface area contributed by atoms with Crippen LogP contribution in [-0.4, -0.2) is 29.0 Å². The van der Waals surface area contributed by atoms with Gasteiger partial charge in [-0.15, -0.1) is 10.2 Å². The Morgan fingerprint density at radius 2 is 1.90 bits per heavy atom. The van der Waals surface area contributed by atoms with Gasteiger partial charge in [-0.3, -0.25) is 4.57 Å². The van der Waals surface area contributed by atoms with Crippen molar-refractivity contribution in [2.45, 2.75) is 18.9 Å². The molecule has 0 saturated carbocycles. The molecule has 0 unspecified atom stereocenters. The smallest absolute Gasteiger partial charge is 0.452 e. The molecule has 29 heavy (non-hydrogen) atoms. The normalized spacial score (nSPS) is 16.0. The lowest BCUT2D eigenvalue weighted by Crippen LogP contribution is -2.16. The molecule has 2 heterocycles. The Labute approximate surface area is 168 Å². The summed E-state index contributed by atoms with van der Waals surface area (Å²) in [6, 6.07) is 9.79. The summed E-state index contributed by atoms with van der Waals surface area (Å²) in [4.78, 5) is 0. The van der Waals surface area contributed by atoms with Gasteiger partial charge in [-0.25, -0.2) is 0 Å². The number of para-hydroxylation sites is 1. The Hall–Kier alpha value is -2.78. The second-order valence-electron chi connectivity index (χ2n) is 6.25. The molecule has 0 radical (unpaired) electrons. The highest BCUT2D eigenvalue weighted by molar-refractivity contribution is 6.30. The molecule has 0 spiro atoms. The van der Waals surface area contributed by atoms with Crippen molar-refractivity contribution in [3.05, 3.63) is 64.2 Å². The predicted octanol–water partition coefficient (Wildman–Crippen LogP) is 4.58. The van der Waals surface area contributed by atoms with Gasteiger partial charge in [-0.2, -0.15) is 13.2 Å². The predicted molar refractivity (Wildman–Crippen MR) is 97.5 cm³/mol. The lowest BCUT2D eigenvalue weighted by molar-refractivity contribution is -0.146. The number of rotatable bonds is 3. The average molecular weight is 426 g/mol. The zero-order valence-electron chi connectivity index (χ0n) is 15.3. The van der Waals surface area contributed by atoms with Crippen LogP contribution in [0.25, 0.3) is 5.69 Å². The van der Waals surface area contributed by atoms with Crippen LogP contribution in [0.5, 0.6) is 11.5 Å². The fourth-order valence-electron chi connectivity index (χ4n) is 3.41. The van der Waals surface area contributed by atoms with E-state index in [0.717, 1.165) is 4.57 Å². The Morgan fingerprint density at radius 3 is 2.59 bits per heavy atom. The summed E-state index contributed by atoms with van der Waals surface area (Å²) in [5.41, 5.74) is 1.24. The third-order valence-electron chi connectivity index (χ3n) is 4.59. The van der Waals surface area contributed by atoms with E-state index in [9.17, 15) is 13.2 Å². The SMILES string of the molecule is COc1cccc([C@H]2OCc3nnc(C(F)(F)F)n3-c3ccc(Cl)cc32)c1OC. The number of ether oxygens (including phenoxy) is 3. The second kappa shape index (κ2) is 7.23. The highest BCUT2D eigenvalue weighted by Crippen LogP contribution is 2.44. The number of methoxy groups -OCH3 is 2. The van der Waals surface area contributed by atoms with Crippen LogP contribution in [0.4, 0.5) is 13.2 Å². The third kappa shape index (κ3) is 3.30. The topological polar surface area (TPSA) is 58.4 Å². The van der Waals surface area contributed by atoms with E-state index in [-0.39, 0.29) is 18.1 Å². The lowest BCUT2D eigenvalue weighted by Gasteiger charge is -2.22. The Morgan fingerprint density at radius 1 is 1.10 bits per heavy atom. The minimum Gasteiger partial charge on any atom is -0.493 e. The third-order valence-corrected chi connectivity index (χ3v) is 4.83. The zero-order valence-corrected chi connectivity index (χ0v) is 16.1. The largest absolute Gasteiger partial charge is 0.493 e. The van der Waals surface area contributed by atoms with Gasteiger partial charge >= 0.3 is 6.18 Å². The van der Waals surface area contributed by atoms with Crippen molar-refractivity contribution in [2.75, 3.05) is 14.2 Å². The molecule has 1 aromatic heterocycles. The first-order valence-electron chi connectivity index (χ1n) is 8.49. The number of hydrogen-bond donors (Lipinski definition) is 0. The van der Waals surface area contributed by atoms with Gasteiger partial charge in [0.15, 0.2) is 17.3 Å². The zero-order chi connectivity index (χ0) is 20.8. The maximum Gasteiger partial charge on any atom is 0.452 e. The molecule has 3 aromatic rings. The molecule has 0 saturated heterocycles. The summed E-state index contributed by atoms with van der Waals surface area (Å²) < 4.78 is 58.3. The molecule has 0 amide bonds. The molecular formula is C19H15ClF3N3O3. The van der Waals surface area contributed by atoms with E-state index in [4.69, 9.17) is 25.8 Å². The van der Waals surface area contributed by atoms with E-state index in [1.165, 1.54) is 26.4 Å². The first-order valence-corrected chi connectivity index (χ1v) is 8.86. The molecule has 4 rings (SSSR count). The van der Waals surface area contributed by atoms with E-state index >= 15 is 0 Å². The summed E-state index contributed by atoms with van der Waals surface area (Å²) >= 11 is 6.17. The number of nitrogens with zero attached hydrogens (tertiary/aromatic N) is 3. The van der Waals surface area contributed by atoms with Crippen LogP contribution in [0, 0.1) is 0 Å². The van der Waals surface area contributed by atoms with Gasteiger partial charge in [-0.1, -0.05) is 23.7 Å². The van der Waals surface area contributed by atoms with Crippen LogP contribution < -0.4 is 9.47 Å². The number of benzene rings is 2. The molecule has 0 bridgehead atoms. The van der Waals surface area contributed by atoms with Crippen molar-refractivity contribution in [1.82, 2.24) is 14.8 Å². The highest BCUT2D eigenvalue weighted by atomic mass is 35.5. The molecule has 0 N–H and O–H groups in total. The molecule has 152 valence electrons. The maximum atomic E-state index is 13.5. The Balaban J connectivity index is 1.97. The van der Waals surface area contributed by atoms with E-state index in [1.54, 1.807) is 24.3 Å². The Bertz CT molecular complexity index is 1070. The Kier molecular flexibility index (Phi) is 4.87.